The van der Waals surface area contributed by atoms with Crippen molar-refractivity contribution in [3.63, 3.8) is 0 Å². The van der Waals surface area contributed by atoms with Gasteiger partial charge in [0, 0.05) is 10.4 Å². The lowest BCUT2D eigenvalue weighted by atomic mass is 10.1. The predicted octanol–water partition coefficient (Wildman–Crippen LogP) is 3.01. The summed E-state index contributed by atoms with van der Waals surface area (Å²) in [5.41, 5.74) is 8.43. The van der Waals surface area contributed by atoms with E-state index < -0.39 is 0 Å². The molecule has 0 aliphatic heterocycles. The molecule has 0 spiro atoms. The number of aryl methyl sites for hydroxylation is 2. The Hall–Kier alpha value is -1.06. The minimum Gasteiger partial charge on any atom is -0.469 e. The molecule has 0 aromatic carbocycles. The maximum Gasteiger partial charge on any atom is 0.101 e. The molecule has 3 heteroatoms. The zero-order valence-corrected chi connectivity index (χ0v) is 9.10. The topological polar surface area (TPSA) is 39.2 Å². The van der Waals surface area contributed by atoms with Crippen LogP contribution in [0.3, 0.4) is 0 Å². The maximum absolute atomic E-state index is 6.13. The summed E-state index contributed by atoms with van der Waals surface area (Å²) in [4.78, 5) is 1.21. The van der Waals surface area contributed by atoms with E-state index in [-0.39, 0.29) is 6.04 Å². The summed E-state index contributed by atoms with van der Waals surface area (Å²) in [5.74, 6) is 0.907. The first-order chi connectivity index (χ1) is 6.68. The molecule has 1 atom stereocenters. The summed E-state index contributed by atoms with van der Waals surface area (Å²) in [6.45, 7) is 4.01. The SMILES string of the molecule is Cc1cc(C(N)c2sccc2C)co1. The molecule has 2 aromatic rings. The Morgan fingerprint density at radius 1 is 1.43 bits per heavy atom. The van der Waals surface area contributed by atoms with Gasteiger partial charge in [-0.25, -0.2) is 0 Å². The standard InChI is InChI=1S/C11H13NOS/c1-7-3-4-14-11(7)10(12)9-5-8(2)13-6-9/h3-6,10H,12H2,1-2H3. The van der Waals surface area contributed by atoms with Gasteiger partial charge in [-0.1, -0.05) is 0 Å². The molecule has 0 amide bonds. The van der Waals surface area contributed by atoms with Gasteiger partial charge in [-0.05, 0) is 36.9 Å². The number of furan rings is 1. The van der Waals surface area contributed by atoms with E-state index in [9.17, 15) is 0 Å². The second-order valence-corrected chi connectivity index (χ2v) is 4.38. The van der Waals surface area contributed by atoms with Gasteiger partial charge in [0.1, 0.15) is 5.76 Å². The van der Waals surface area contributed by atoms with Gasteiger partial charge in [0.15, 0.2) is 0 Å². The molecule has 0 saturated carbocycles. The van der Waals surface area contributed by atoms with Crippen LogP contribution in [-0.2, 0) is 0 Å². The fourth-order valence-corrected chi connectivity index (χ4v) is 2.44. The zero-order valence-electron chi connectivity index (χ0n) is 8.28. The van der Waals surface area contributed by atoms with Gasteiger partial charge in [-0.2, -0.15) is 0 Å². The summed E-state index contributed by atoms with van der Waals surface area (Å²) in [6.07, 6.45) is 1.74. The fourth-order valence-electron chi connectivity index (χ4n) is 1.48. The van der Waals surface area contributed by atoms with Gasteiger partial charge in [0.2, 0.25) is 0 Å². The molecule has 14 heavy (non-hydrogen) atoms. The third kappa shape index (κ3) is 1.61. The molecule has 2 nitrogen and oxygen atoms in total. The first-order valence-corrected chi connectivity index (χ1v) is 5.41. The summed E-state index contributed by atoms with van der Waals surface area (Å²) in [5, 5.41) is 2.07. The van der Waals surface area contributed by atoms with Crippen LogP contribution in [0.25, 0.3) is 0 Å². The summed E-state index contributed by atoms with van der Waals surface area (Å²) < 4.78 is 5.25. The van der Waals surface area contributed by atoms with Gasteiger partial charge < -0.3 is 10.2 Å². The van der Waals surface area contributed by atoms with Gasteiger partial charge in [0.25, 0.3) is 0 Å². The highest BCUT2D eigenvalue weighted by molar-refractivity contribution is 7.10. The largest absolute Gasteiger partial charge is 0.469 e. The highest BCUT2D eigenvalue weighted by atomic mass is 32.1. The Kier molecular flexibility index (Phi) is 2.44. The lowest BCUT2D eigenvalue weighted by Gasteiger charge is -2.07. The van der Waals surface area contributed by atoms with Crippen LogP contribution in [0.2, 0.25) is 0 Å². The zero-order chi connectivity index (χ0) is 10.1. The highest BCUT2D eigenvalue weighted by Crippen LogP contribution is 2.28. The molecule has 2 N–H and O–H groups in total. The second-order valence-electron chi connectivity index (χ2n) is 3.44. The molecule has 74 valence electrons. The summed E-state index contributed by atoms with van der Waals surface area (Å²) >= 11 is 1.70. The molecule has 0 bridgehead atoms. The molecule has 0 aliphatic rings. The Bertz CT molecular complexity index is 430. The third-order valence-electron chi connectivity index (χ3n) is 2.29. The van der Waals surface area contributed by atoms with Gasteiger partial charge >= 0.3 is 0 Å². The van der Waals surface area contributed by atoms with E-state index >= 15 is 0 Å². The minimum atomic E-state index is -0.0487. The third-order valence-corrected chi connectivity index (χ3v) is 3.40. The van der Waals surface area contributed by atoms with Crippen LogP contribution in [-0.4, -0.2) is 0 Å². The lowest BCUT2D eigenvalue weighted by molar-refractivity contribution is 0.530. The molecular weight excluding hydrogens is 194 g/mol. The van der Waals surface area contributed by atoms with Crippen molar-refractivity contribution in [3.05, 3.63) is 45.5 Å². The highest BCUT2D eigenvalue weighted by Gasteiger charge is 2.14. The van der Waals surface area contributed by atoms with Gasteiger partial charge in [-0.3, -0.25) is 0 Å². The van der Waals surface area contributed by atoms with E-state index in [4.69, 9.17) is 10.2 Å². The first kappa shape index (κ1) is 9.49. The average Bonchev–Trinajstić information content (AvgIpc) is 2.73. The van der Waals surface area contributed by atoms with Crippen LogP contribution in [0.15, 0.2) is 28.2 Å². The molecule has 0 fully saturated rings. The monoisotopic (exact) mass is 207 g/mol. The van der Waals surface area contributed by atoms with Crippen molar-refractivity contribution in [2.45, 2.75) is 19.9 Å². The molecule has 1 unspecified atom stereocenters. The van der Waals surface area contributed by atoms with E-state index in [1.807, 2.05) is 13.0 Å². The van der Waals surface area contributed by atoms with E-state index in [1.165, 1.54) is 10.4 Å². The fraction of sp³-hybridized carbons (Fsp3) is 0.273. The smallest absolute Gasteiger partial charge is 0.101 e. The van der Waals surface area contributed by atoms with E-state index in [0.717, 1.165) is 11.3 Å². The van der Waals surface area contributed by atoms with Crippen LogP contribution >= 0.6 is 11.3 Å². The van der Waals surface area contributed by atoms with Crippen LogP contribution in [0.5, 0.6) is 0 Å². The Morgan fingerprint density at radius 3 is 2.71 bits per heavy atom. The second kappa shape index (κ2) is 3.59. The number of hydrogen-bond acceptors (Lipinski definition) is 3. The van der Waals surface area contributed by atoms with Crippen molar-refractivity contribution < 1.29 is 4.42 Å². The van der Waals surface area contributed by atoms with Gasteiger partial charge in [-0.15, -0.1) is 11.3 Å². The van der Waals surface area contributed by atoms with Crippen molar-refractivity contribution >= 4 is 11.3 Å². The van der Waals surface area contributed by atoms with E-state index in [0.29, 0.717) is 0 Å². The normalized spacial score (nSPS) is 13.1. The lowest BCUT2D eigenvalue weighted by Crippen LogP contribution is -2.10. The Morgan fingerprint density at radius 2 is 2.21 bits per heavy atom. The van der Waals surface area contributed by atoms with Crippen LogP contribution in [0.4, 0.5) is 0 Å². The molecular formula is C11H13NOS. The number of nitrogens with two attached hydrogens (primary N) is 1. The summed E-state index contributed by atoms with van der Waals surface area (Å²) in [6, 6.07) is 4.03. The molecule has 2 heterocycles. The number of rotatable bonds is 2. The van der Waals surface area contributed by atoms with Crippen molar-refractivity contribution in [1.29, 1.82) is 0 Å². The molecule has 2 aromatic heterocycles. The van der Waals surface area contributed by atoms with Crippen molar-refractivity contribution in [1.82, 2.24) is 0 Å². The minimum absolute atomic E-state index is 0.0487. The molecule has 0 radical (unpaired) electrons. The Balaban J connectivity index is 2.33. The molecule has 0 saturated heterocycles. The maximum atomic E-state index is 6.13. The first-order valence-electron chi connectivity index (χ1n) is 4.53. The Labute approximate surface area is 87.4 Å². The number of thiophene rings is 1. The van der Waals surface area contributed by atoms with Crippen molar-refractivity contribution in [3.8, 4) is 0 Å². The quantitative estimate of drug-likeness (QED) is 0.822. The molecule has 2 rings (SSSR count). The van der Waals surface area contributed by atoms with Crippen LogP contribution in [0.1, 0.15) is 27.8 Å². The van der Waals surface area contributed by atoms with E-state index in [1.54, 1.807) is 17.6 Å². The predicted molar refractivity (Wildman–Crippen MR) is 58.5 cm³/mol. The van der Waals surface area contributed by atoms with Crippen LogP contribution in [0, 0.1) is 13.8 Å². The van der Waals surface area contributed by atoms with Gasteiger partial charge in [0.05, 0.1) is 12.3 Å². The average molecular weight is 207 g/mol. The van der Waals surface area contributed by atoms with Crippen molar-refractivity contribution in [2.75, 3.05) is 0 Å². The summed E-state index contributed by atoms with van der Waals surface area (Å²) in [7, 11) is 0. The molecule has 0 aliphatic carbocycles. The van der Waals surface area contributed by atoms with E-state index in [2.05, 4.69) is 18.4 Å². The van der Waals surface area contributed by atoms with Crippen molar-refractivity contribution in [2.24, 2.45) is 5.73 Å². The van der Waals surface area contributed by atoms with Crippen LogP contribution < -0.4 is 5.73 Å². The number of hydrogen-bond donors (Lipinski definition) is 1.